The van der Waals surface area contributed by atoms with E-state index < -0.39 is 26.2 Å². The largest absolute Gasteiger partial charge is 0.481 e. The molecular weight excluding hydrogens is 418 g/mol. The molecule has 0 fully saturated rings. The molecular formula is C18H23N3O6S2. The van der Waals surface area contributed by atoms with E-state index >= 15 is 0 Å². The highest BCUT2D eigenvalue weighted by Crippen LogP contribution is 2.21. The second kappa shape index (κ2) is 8.80. The number of sulfonamides is 2. The Morgan fingerprint density at radius 2 is 1.41 bits per heavy atom. The van der Waals surface area contributed by atoms with Crippen LogP contribution in [0.2, 0.25) is 0 Å². The summed E-state index contributed by atoms with van der Waals surface area (Å²) in [5, 5.41) is 7.74. The zero-order valence-electron chi connectivity index (χ0n) is 16.1. The van der Waals surface area contributed by atoms with Crippen LogP contribution in [0.1, 0.15) is 20.8 Å². The average Bonchev–Trinajstić information content (AvgIpc) is 2.61. The normalized spacial score (nSPS) is 13.0. The summed E-state index contributed by atoms with van der Waals surface area (Å²) in [5.74, 6) is 0.0640. The van der Waals surface area contributed by atoms with Crippen molar-refractivity contribution >= 4 is 31.6 Å². The van der Waals surface area contributed by atoms with Crippen molar-refractivity contribution in [3.05, 3.63) is 48.5 Å². The van der Waals surface area contributed by atoms with Crippen molar-refractivity contribution in [2.75, 3.05) is 4.72 Å². The predicted octanol–water partition coefficient (Wildman–Crippen LogP) is 1.43. The summed E-state index contributed by atoms with van der Waals surface area (Å²) in [5.41, 5.74) is 0.178. The summed E-state index contributed by atoms with van der Waals surface area (Å²) < 4.78 is 55.3. The highest BCUT2D eigenvalue weighted by molar-refractivity contribution is 7.92. The van der Waals surface area contributed by atoms with Crippen molar-refractivity contribution in [3.8, 4) is 5.75 Å². The van der Waals surface area contributed by atoms with Gasteiger partial charge < -0.3 is 10.1 Å². The molecule has 0 heterocycles. The molecule has 0 saturated heterocycles. The number of carbonyl (C=O) groups is 1. The first-order chi connectivity index (χ1) is 13.4. The number of benzene rings is 2. The van der Waals surface area contributed by atoms with Crippen LogP contribution in [0.3, 0.4) is 0 Å². The lowest BCUT2D eigenvalue weighted by atomic mass is 10.3. The Hall–Kier alpha value is -2.63. The predicted molar refractivity (Wildman–Crippen MR) is 108 cm³/mol. The second-order valence-corrected chi connectivity index (χ2v) is 9.81. The third-order valence-corrected chi connectivity index (χ3v) is 6.01. The van der Waals surface area contributed by atoms with Crippen LogP contribution in [0.15, 0.2) is 58.3 Å². The third-order valence-electron chi connectivity index (χ3n) is 3.68. The average molecular weight is 442 g/mol. The van der Waals surface area contributed by atoms with Crippen molar-refractivity contribution < 1.29 is 26.4 Å². The fraction of sp³-hybridized carbons (Fsp3) is 0.278. The van der Waals surface area contributed by atoms with Crippen molar-refractivity contribution in [1.82, 2.24) is 5.32 Å². The maximum atomic E-state index is 12.5. The Labute approximate surface area is 170 Å². The number of carbonyl (C=O) groups excluding carboxylic acids is 1. The topological polar surface area (TPSA) is 145 Å². The molecule has 0 unspecified atom stereocenters. The van der Waals surface area contributed by atoms with Gasteiger partial charge in [0.1, 0.15) is 5.75 Å². The van der Waals surface area contributed by atoms with Gasteiger partial charge in [0.2, 0.25) is 10.0 Å². The summed E-state index contributed by atoms with van der Waals surface area (Å²) in [6.45, 7) is 5.26. The van der Waals surface area contributed by atoms with Crippen LogP contribution in [0.25, 0.3) is 0 Å². The van der Waals surface area contributed by atoms with Gasteiger partial charge in [-0.15, -0.1) is 0 Å². The van der Waals surface area contributed by atoms with E-state index in [1.807, 2.05) is 13.8 Å². The number of primary sulfonamides is 1. The van der Waals surface area contributed by atoms with Gasteiger partial charge in [-0.25, -0.2) is 22.0 Å². The molecule has 0 spiro atoms. The van der Waals surface area contributed by atoms with Crippen LogP contribution in [0.4, 0.5) is 5.69 Å². The van der Waals surface area contributed by atoms with Crippen LogP contribution >= 0.6 is 0 Å². The van der Waals surface area contributed by atoms with Crippen molar-refractivity contribution in [2.45, 2.75) is 42.7 Å². The first-order valence-electron chi connectivity index (χ1n) is 8.61. The van der Waals surface area contributed by atoms with Gasteiger partial charge in [0.15, 0.2) is 6.10 Å². The molecule has 0 aromatic heterocycles. The lowest BCUT2D eigenvalue weighted by Gasteiger charge is -2.16. The number of nitrogens with one attached hydrogen (secondary N) is 2. The molecule has 0 aliphatic carbocycles. The smallest absolute Gasteiger partial charge is 0.261 e. The number of ether oxygens (including phenoxy) is 1. The van der Waals surface area contributed by atoms with Gasteiger partial charge >= 0.3 is 0 Å². The van der Waals surface area contributed by atoms with E-state index in [9.17, 15) is 21.6 Å². The molecule has 29 heavy (non-hydrogen) atoms. The summed E-state index contributed by atoms with van der Waals surface area (Å²) in [7, 11) is -7.77. The zero-order valence-corrected chi connectivity index (χ0v) is 17.7. The van der Waals surface area contributed by atoms with Gasteiger partial charge in [0.25, 0.3) is 15.9 Å². The van der Waals surface area contributed by atoms with E-state index in [2.05, 4.69) is 10.0 Å². The van der Waals surface area contributed by atoms with Crippen LogP contribution < -0.4 is 19.9 Å². The molecule has 1 atom stereocenters. The molecule has 4 N–H and O–H groups in total. The van der Waals surface area contributed by atoms with Crippen LogP contribution in [0, 0.1) is 0 Å². The molecule has 2 aromatic rings. The van der Waals surface area contributed by atoms with Crippen LogP contribution in [-0.2, 0) is 24.8 Å². The SMILES string of the molecule is CC(C)NC(=O)[C@@H](C)Oc1ccc(S(=O)(=O)Nc2ccc(S(N)(=O)=O)cc2)cc1. The molecule has 11 heteroatoms. The van der Waals surface area contributed by atoms with Crippen LogP contribution in [-0.4, -0.2) is 34.9 Å². The minimum absolute atomic E-state index is 0.0221. The number of rotatable bonds is 8. The Bertz CT molecular complexity index is 1060. The highest BCUT2D eigenvalue weighted by atomic mass is 32.2. The van der Waals surface area contributed by atoms with Crippen molar-refractivity contribution in [2.24, 2.45) is 5.14 Å². The number of anilines is 1. The summed E-state index contributed by atoms with van der Waals surface area (Å²) in [4.78, 5) is 11.7. The lowest BCUT2D eigenvalue weighted by molar-refractivity contribution is -0.127. The first kappa shape index (κ1) is 22.7. The van der Waals surface area contributed by atoms with Gasteiger partial charge in [-0.1, -0.05) is 0 Å². The Morgan fingerprint density at radius 3 is 1.90 bits per heavy atom. The van der Waals surface area contributed by atoms with Gasteiger partial charge in [0.05, 0.1) is 9.79 Å². The van der Waals surface area contributed by atoms with Gasteiger partial charge in [-0.3, -0.25) is 9.52 Å². The van der Waals surface area contributed by atoms with E-state index in [0.717, 1.165) is 0 Å². The molecule has 0 radical (unpaired) electrons. The van der Waals surface area contributed by atoms with E-state index in [-0.39, 0.29) is 27.4 Å². The van der Waals surface area contributed by atoms with E-state index in [1.165, 1.54) is 48.5 Å². The molecule has 0 aliphatic heterocycles. The minimum Gasteiger partial charge on any atom is -0.481 e. The fourth-order valence-electron chi connectivity index (χ4n) is 2.28. The third kappa shape index (κ3) is 6.44. The van der Waals surface area contributed by atoms with Crippen molar-refractivity contribution in [3.63, 3.8) is 0 Å². The maximum Gasteiger partial charge on any atom is 0.261 e. The maximum absolute atomic E-state index is 12.5. The number of nitrogens with two attached hydrogens (primary N) is 1. The summed E-state index contributed by atoms with van der Waals surface area (Å²) in [6, 6.07) is 10.5. The minimum atomic E-state index is -3.90. The van der Waals surface area contributed by atoms with Gasteiger partial charge in [0, 0.05) is 11.7 Å². The molecule has 1 amide bonds. The number of amides is 1. The Balaban J connectivity index is 2.09. The molecule has 0 aliphatic rings. The Kier molecular flexibility index (Phi) is 6.88. The number of hydrogen-bond acceptors (Lipinski definition) is 6. The molecule has 2 rings (SSSR count). The fourth-order valence-corrected chi connectivity index (χ4v) is 3.86. The molecule has 2 aromatic carbocycles. The van der Waals surface area contributed by atoms with E-state index in [4.69, 9.17) is 9.88 Å². The monoisotopic (exact) mass is 441 g/mol. The first-order valence-corrected chi connectivity index (χ1v) is 11.6. The standard InChI is InChI=1S/C18H23N3O6S2/c1-12(2)20-18(22)13(3)27-15-6-10-17(11-7-15)29(25,26)21-14-4-8-16(9-5-14)28(19,23)24/h4-13,21H,1-3H3,(H,20,22)(H2,19,23,24)/t13-/m1/s1. The second-order valence-electron chi connectivity index (χ2n) is 6.57. The quantitative estimate of drug-likeness (QED) is 0.565. The summed E-state index contributed by atoms with van der Waals surface area (Å²) >= 11 is 0. The van der Waals surface area contributed by atoms with Gasteiger partial charge in [-0.2, -0.15) is 0 Å². The van der Waals surface area contributed by atoms with E-state index in [1.54, 1.807) is 6.92 Å². The molecule has 9 nitrogen and oxygen atoms in total. The van der Waals surface area contributed by atoms with Gasteiger partial charge in [-0.05, 0) is 69.3 Å². The van der Waals surface area contributed by atoms with Crippen LogP contribution in [0.5, 0.6) is 5.75 Å². The molecule has 158 valence electrons. The number of hydrogen-bond donors (Lipinski definition) is 3. The summed E-state index contributed by atoms with van der Waals surface area (Å²) in [6.07, 6.45) is -0.740. The van der Waals surface area contributed by atoms with E-state index in [0.29, 0.717) is 5.75 Å². The lowest BCUT2D eigenvalue weighted by Crippen LogP contribution is -2.40. The molecule has 0 saturated carbocycles. The highest BCUT2D eigenvalue weighted by Gasteiger charge is 2.18. The molecule has 0 bridgehead atoms. The van der Waals surface area contributed by atoms with Crippen molar-refractivity contribution in [1.29, 1.82) is 0 Å². The Morgan fingerprint density at radius 1 is 0.897 bits per heavy atom. The zero-order chi connectivity index (χ0) is 21.8.